The van der Waals surface area contributed by atoms with Gasteiger partial charge in [-0.3, -0.25) is 4.79 Å². The smallest absolute Gasteiger partial charge is 0.167 e. The van der Waals surface area contributed by atoms with Crippen LogP contribution in [0.25, 0.3) is 22.5 Å². The number of ketones is 1. The minimum Gasteiger partial charge on any atom is -0.383 e. The SMILES string of the molecule is CC(=O)c1c(N2CCS(=O)(=O)CC2)nc2c(-c3ccn(-c4ccsc4)c3)cnn2c1N. The molecule has 0 amide bonds. The van der Waals surface area contributed by atoms with E-state index < -0.39 is 9.84 Å². The largest absolute Gasteiger partial charge is 0.383 e. The van der Waals surface area contributed by atoms with Gasteiger partial charge < -0.3 is 15.2 Å². The van der Waals surface area contributed by atoms with Crippen molar-refractivity contribution in [3.63, 3.8) is 0 Å². The highest BCUT2D eigenvalue weighted by Crippen LogP contribution is 2.32. The topological polar surface area (TPSA) is 116 Å². The summed E-state index contributed by atoms with van der Waals surface area (Å²) < 4.78 is 27.2. The number of rotatable bonds is 4. The molecule has 0 aromatic carbocycles. The van der Waals surface area contributed by atoms with Crippen molar-refractivity contribution in [1.29, 1.82) is 0 Å². The summed E-state index contributed by atoms with van der Waals surface area (Å²) in [6, 6.07) is 4.00. The first-order chi connectivity index (χ1) is 14.8. The van der Waals surface area contributed by atoms with Gasteiger partial charge in [-0.1, -0.05) is 0 Å². The fourth-order valence-electron chi connectivity index (χ4n) is 3.82. The summed E-state index contributed by atoms with van der Waals surface area (Å²) >= 11 is 1.62. The zero-order valence-corrected chi connectivity index (χ0v) is 18.4. The quantitative estimate of drug-likeness (QED) is 0.468. The van der Waals surface area contributed by atoms with Crippen molar-refractivity contribution in [3.05, 3.63) is 47.0 Å². The Labute approximate surface area is 182 Å². The zero-order valence-electron chi connectivity index (χ0n) is 16.7. The van der Waals surface area contributed by atoms with Gasteiger partial charge >= 0.3 is 0 Å². The average molecular weight is 457 g/mol. The van der Waals surface area contributed by atoms with Crippen LogP contribution < -0.4 is 10.6 Å². The lowest BCUT2D eigenvalue weighted by atomic mass is 10.1. The molecular weight excluding hydrogens is 436 g/mol. The van der Waals surface area contributed by atoms with Crippen LogP contribution in [0.5, 0.6) is 0 Å². The van der Waals surface area contributed by atoms with Crippen LogP contribution in [0.4, 0.5) is 11.6 Å². The Morgan fingerprint density at radius 1 is 1.23 bits per heavy atom. The van der Waals surface area contributed by atoms with Crippen LogP contribution in [0.3, 0.4) is 0 Å². The lowest BCUT2D eigenvalue weighted by molar-refractivity contribution is 0.101. The third-order valence-electron chi connectivity index (χ3n) is 5.47. The van der Waals surface area contributed by atoms with E-state index in [1.54, 1.807) is 17.5 Å². The maximum atomic E-state index is 12.4. The van der Waals surface area contributed by atoms with Gasteiger partial charge in [-0.2, -0.15) is 21.0 Å². The van der Waals surface area contributed by atoms with Crippen molar-refractivity contribution in [2.75, 3.05) is 35.2 Å². The van der Waals surface area contributed by atoms with Gasteiger partial charge in [0.1, 0.15) is 17.2 Å². The van der Waals surface area contributed by atoms with Gasteiger partial charge in [0, 0.05) is 42.0 Å². The van der Waals surface area contributed by atoms with Crippen LogP contribution >= 0.6 is 11.3 Å². The number of carbonyl (C=O) groups is 1. The molecule has 0 radical (unpaired) electrons. The highest BCUT2D eigenvalue weighted by atomic mass is 32.2. The molecule has 4 aromatic heterocycles. The van der Waals surface area contributed by atoms with E-state index in [0.29, 0.717) is 11.5 Å². The lowest BCUT2D eigenvalue weighted by Gasteiger charge is -2.29. The molecule has 5 rings (SSSR count). The van der Waals surface area contributed by atoms with Gasteiger partial charge in [0.15, 0.2) is 21.3 Å². The van der Waals surface area contributed by atoms with Crippen molar-refractivity contribution in [2.24, 2.45) is 0 Å². The predicted octanol–water partition coefficient (Wildman–Crippen LogP) is 2.27. The third kappa shape index (κ3) is 3.39. The molecule has 5 heterocycles. The molecule has 0 aliphatic carbocycles. The van der Waals surface area contributed by atoms with Crippen LogP contribution in [0.1, 0.15) is 17.3 Å². The summed E-state index contributed by atoms with van der Waals surface area (Å²) in [6.07, 6.45) is 5.63. The molecule has 0 unspecified atom stereocenters. The Balaban J connectivity index is 1.64. The third-order valence-corrected chi connectivity index (χ3v) is 7.75. The lowest BCUT2D eigenvalue weighted by Crippen LogP contribution is -2.41. The van der Waals surface area contributed by atoms with Crippen molar-refractivity contribution >= 4 is 44.2 Å². The highest BCUT2D eigenvalue weighted by molar-refractivity contribution is 7.91. The molecule has 1 fully saturated rings. The fraction of sp³-hybridized carbons (Fsp3) is 0.250. The summed E-state index contributed by atoms with van der Waals surface area (Å²) in [6.45, 7) is 1.96. The molecule has 1 aliphatic rings. The Kier molecular flexibility index (Phi) is 4.59. The van der Waals surface area contributed by atoms with Gasteiger partial charge in [-0.05, 0) is 24.4 Å². The van der Waals surface area contributed by atoms with E-state index in [0.717, 1.165) is 16.8 Å². The molecular formula is C20H20N6O3S2. The van der Waals surface area contributed by atoms with E-state index in [1.807, 2.05) is 39.4 Å². The number of carbonyl (C=O) groups excluding carboxylic acids is 1. The molecule has 2 N–H and O–H groups in total. The van der Waals surface area contributed by atoms with Gasteiger partial charge in [0.2, 0.25) is 0 Å². The van der Waals surface area contributed by atoms with Crippen molar-refractivity contribution in [3.8, 4) is 16.8 Å². The Bertz CT molecular complexity index is 1390. The summed E-state index contributed by atoms with van der Waals surface area (Å²) in [5.74, 6) is 0.409. The summed E-state index contributed by atoms with van der Waals surface area (Å²) in [5, 5.41) is 8.44. The number of hydrogen-bond acceptors (Lipinski definition) is 8. The molecule has 160 valence electrons. The number of nitrogens with two attached hydrogens (primary N) is 1. The van der Waals surface area contributed by atoms with Crippen LogP contribution in [-0.2, 0) is 9.84 Å². The van der Waals surface area contributed by atoms with E-state index >= 15 is 0 Å². The molecule has 31 heavy (non-hydrogen) atoms. The maximum absolute atomic E-state index is 12.4. The van der Waals surface area contributed by atoms with Crippen molar-refractivity contribution in [2.45, 2.75) is 6.92 Å². The first-order valence-corrected chi connectivity index (χ1v) is 12.4. The van der Waals surface area contributed by atoms with Crippen LogP contribution in [0.15, 0.2) is 41.5 Å². The second-order valence-corrected chi connectivity index (χ2v) is 10.6. The standard InChI is InChI=1S/C20H20N6O3S2/c1-13(27)17-18(21)26-19(23-20(17)24-5-8-31(28,29)9-6-24)16(10-22-26)14-2-4-25(11-14)15-3-7-30-12-15/h2-4,7,10-12H,5-6,8-9,21H2,1H3. The number of thiophene rings is 1. The van der Waals surface area contributed by atoms with Crippen LogP contribution in [0.2, 0.25) is 0 Å². The van der Waals surface area contributed by atoms with Gasteiger partial charge in [0.25, 0.3) is 0 Å². The molecule has 0 bridgehead atoms. The number of Topliss-reactive ketones (excluding diaryl/α,β-unsaturated/α-hetero) is 1. The number of hydrogen-bond donors (Lipinski definition) is 1. The van der Waals surface area contributed by atoms with Crippen molar-refractivity contribution < 1.29 is 13.2 Å². The Morgan fingerprint density at radius 3 is 2.68 bits per heavy atom. The van der Waals surface area contributed by atoms with Gasteiger partial charge in [-0.15, -0.1) is 0 Å². The number of aromatic nitrogens is 4. The molecule has 1 aliphatic heterocycles. The van der Waals surface area contributed by atoms with Gasteiger partial charge in [-0.25, -0.2) is 13.4 Å². The second-order valence-electron chi connectivity index (χ2n) is 7.47. The highest BCUT2D eigenvalue weighted by Gasteiger charge is 2.28. The van der Waals surface area contributed by atoms with Crippen LogP contribution in [-0.4, -0.2) is 58.0 Å². The van der Waals surface area contributed by atoms with Gasteiger partial charge in [0.05, 0.1) is 23.4 Å². The van der Waals surface area contributed by atoms with Crippen molar-refractivity contribution in [1.82, 2.24) is 19.2 Å². The molecule has 4 aromatic rings. The number of fused-ring (bicyclic) bond motifs is 1. The summed E-state index contributed by atoms with van der Waals surface area (Å²) in [4.78, 5) is 19.0. The first kappa shape index (κ1) is 19.8. The monoisotopic (exact) mass is 456 g/mol. The van der Waals surface area contributed by atoms with E-state index in [2.05, 4.69) is 10.5 Å². The number of nitrogen functional groups attached to an aromatic ring is 1. The Morgan fingerprint density at radius 2 is 2.00 bits per heavy atom. The van der Waals surface area contributed by atoms with E-state index in [9.17, 15) is 13.2 Å². The predicted molar refractivity (Wildman–Crippen MR) is 121 cm³/mol. The second kappa shape index (κ2) is 7.20. The van der Waals surface area contributed by atoms with E-state index in [-0.39, 0.29) is 41.8 Å². The average Bonchev–Trinajstić information content (AvgIpc) is 3.47. The normalized spacial score (nSPS) is 16.1. The minimum atomic E-state index is -3.07. The molecule has 9 nitrogen and oxygen atoms in total. The minimum absolute atomic E-state index is 0.0206. The molecule has 0 spiro atoms. The van der Waals surface area contributed by atoms with E-state index in [4.69, 9.17) is 10.7 Å². The molecule has 1 saturated heterocycles. The first-order valence-electron chi connectivity index (χ1n) is 9.68. The number of anilines is 2. The fourth-order valence-corrected chi connectivity index (χ4v) is 5.66. The number of nitrogens with zero attached hydrogens (tertiary/aromatic N) is 5. The molecule has 0 saturated carbocycles. The van der Waals surface area contributed by atoms with E-state index in [1.165, 1.54) is 11.4 Å². The number of sulfone groups is 1. The zero-order chi connectivity index (χ0) is 21.8. The summed E-state index contributed by atoms with van der Waals surface area (Å²) in [7, 11) is -3.07. The maximum Gasteiger partial charge on any atom is 0.167 e. The Hall–Kier alpha value is -3.18. The van der Waals surface area contributed by atoms with Crippen LogP contribution in [0, 0.1) is 0 Å². The molecule has 11 heteroatoms. The summed E-state index contributed by atoms with van der Waals surface area (Å²) in [5.41, 5.74) is 9.89. The molecule has 0 atom stereocenters.